The molecule has 0 fully saturated rings. The second-order valence-corrected chi connectivity index (χ2v) is 4.10. The fourth-order valence-electron chi connectivity index (χ4n) is 1.75. The molecule has 0 aromatic heterocycles. The minimum atomic E-state index is 0.633. The largest absolute Gasteiger partial charge is 0.497 e. The highest BCUT2D eigenvalue weighted by molar-refractivity contribution is 5.80. The third kappa shape index (κ3) is 3.85. The highest BCUT2D eigenvalue weighted by Crippen LogP contribution is 2.14. The Morgan fingerprint density at radius 3 is 2.37 bits per heavy atom. The Kier molecular flexibility index (Phi) is 4.56. The summed E-state index contributed by atoms with van der Waals surface area (Å²) in [5.41, 5.74) is 2.15. The second-order valence-electron chi connectivity index (χ2n) is 4.10. The van der Waals surface area contributed by atoms with Gasteiger partial charge >= 0.3 is 0 Å². The average molecular weight is 255 g/mol. The van der Waals surface area contributed by atoms with E-state index in [0.29, 0.717) is 6.54 Å². The monoisotopic (exact) mass is 255 g/mol. The lowest BCUT2D eigenvalue weighted by molar-refractivity contribution is 0.414. The third-order valence-electron chi connectivity index (χ3n) is 2.74. The van der Waals surface area contributed by atoms with E-state index in [1.54, 1.807) is 14.2 Å². The minimum absolute atomic E-state index is 0.633. The van der Waals surface area contributed by atoms with Gasteiger partial charge in [-0.25, -0.2) is 0 Å². The van der Waals surface area contributed by atoms with Gasteiger partial charge in [0, 0.05) is 6.21 Å². The van der Waals surface area contributed by atoms with Crippen LogP contribution in [-0.4, -0.2) is 20.4 Å². The van der Waals surface area contributed by atoms with Crippen LogP contribution in [0.15, 0.2) is 53.5 Å². The summed E-state index contributed by atoms with van der Waals surface area (Å²) in [6.07, 6.45) is 1.85. The van der Waals surface area contributed by atoms with Crippen LogP contribution >= 0.6 is 0 Å². The predicted molar refractivity (Wildman–Crippen MR) is 77.3 cm³/mol. The first-order valence-corrected chi connectivity index (χ1v) is 6.08. The first kappa shape index (κ1) is 13.1. The van der Waals surface area contributed by atoms with Crippen molar-refractivity contribution in [2.45, 2.75) is 6.54 Å². The van der Waals surface area contributed by atoms with Gasteiger partial charge in [-0.15, -0.1) is 0 Å². The zero-order valence-electron chi connectivity index (χ0n) is 11.2. The van der Waals surface area contributed by atoms with E-state index in [4.69, 9.17) is 9.47 Å². The zero-order valence-corrected chi connectivity index (χ0v) is 11.2. The molecule has 0 heterocycles. The van der Waals surface area contributed by atoms with Crippen molar-refractivity contribution < 1.29 is 9.47 Å². The van der Waals surface area contributed by atoms with Crippen LogP contribution in [0.3, 0.4) is 0 Å². The Morgan fingerprint density at radius 1 is 0.947 bits per heavy atom. The fraction of sp³-hybridized carbons (Fsp3) is 0.188. The van der Waals surface area contributed by atoms with Gasteiger partial charge in [-0.2, -0.15) is 0 Å². The van der Waals surface area contributed by atoms with Crippen molar-refractivity contribution in [1.82, 2.24) is 0 Å². The molecule has 0 aliphatic heterocycles. The molecule has 0 aliphatic rings. The van der Waals surface area contributed by atoms with Crippen molar-refractivity contribution in [1.29, 1.82) is 0 Å². The van der Waals surface area contributed by atoms with Crippen LogP contribution in [0, 0.1) is 0 Å². The average Bonchev–Trinajstić information content (AvgIpc) is 2.48. The first-order valence-electron chi connectivity index (χ1n) is 6.08. The lowest BCUT2D eigenvalue weighted by atomic mass is 10.2. The zero-order chi connectivity index (χ0) is 13.5. The van der Waals surface area contributed by atoms with E-state index < -0.39 is 0 Å². The smallest absolute Gasteiger partial charge is 0.119 e. The van der Waals surface area contributed by atoms with Gasteiger partial charge in [0.15, 0.2) is 0 Å². The predicted octanol–water partition coefficient (Wildman–Crippen LogP) is 3.32. The van der Waals surface area contributed by atoms with Gasteiger partial charge in [-0.1, -0.05) is 24.3 Å². The normalized spacial score (nSPS) is 10.6. The molecule has 0 bridgehead atoms. The Hall–Kier alpha value is -2.29. The van der Waals surface area contributed by atoms with Gasteiger partial charge in [-0.05, 0) is 35.4 Å². The van der Waals surface area contributed by atoms with Crippen molar-refractivity contribution in [3.8, 4) is 11.5 Å². The van der Waals surface area contributed by atoms with Crippen molar-refractivity contribution in [2.75, 3.05) is 14.2 Å². The molecule has 0 saturated heterocycles. The molecular formula is C16H17NO2. The quantitative estimate of drug-likeness (QED) is 0.767. The molecule has 3 heteroatoms. The number of hydrogen-bond donors (Lipinski definition) is 0. The van der Waals surface area contributed by atoms with Crippen LogP contribution in [0.5, 0.6) is 11.5 Å². The van der Waals surface area contributed by atoms with E-state index in [1.807, 2.05) is 54.7 Å². The summed E-state index contributed by atoms with van der Waals surface area (Å²) in [7, 11) is 3.32. The molecule has 0 aliphatic carbocycles. The van der Waals surface area contributed by atoms with Crippen LogP contribution in [0.1, 0.15) is 11.1 Å². The number of ether oxygens (including phenoxy) is 2. The van der Waals surface area contributed by atoms with Crippen molar-refractivity contribution in [3.63, 3.8) is 0 Å². The lowest BCUT2D eigenvalue weighted by Gasteiger charge is -2.02. The first-order chi connectivity index (χ1) is 9.31. The number of hydrogen-bond acceptors (Lipinski definition) is 3. The molecule has 19 heavy (non-hydrogen) atoms. The Labute approximate surface area is 113 Å². The molecule has 0 atom stereocenters. The van der Waals surface area contributed by atoms with E-state index in [2.05, 4.69) is 4.99 Å². The second kappa shape index (κ2) is 6.59. The molecule has 3 nitrogen and oxygen atoms in total. The SMILES string of the molecule is COc1cccc(/C=N/Cc2cccc(OC)c2)c1. The van der Waals surface area contributed by atoms with E-state index >= 15 is 0 Å². The Bertz CT molecular complexity index is 564. The van der Waals surface area contributed by atoms with Crippen molar-refractivity contribution >= 4 is 6.21 Å². The van der Waals surface area contributed by atoms with Gasteiger partial charge in [0.1, 0.15) is 11.5 Å². The van der Waals surface area contributed by atoms with Gasteiger partial charge in [0.05, 0.1) is 20.8 Å². The van der Waals surface area contributed by atoms with Crippen LogP contribution in [0.4, 0.5) is 0 Å². The van der Waals surface area contributed by atoms with Gasteiger partial charge < -0.3 is 9.47 Å². The highest BCUT2D eigenvalue weighted by Gasteiger charge is 1.95. The summed E-state index contributed by atoms with van der Waals surface area (Å²) in [6.45, 7) is 0.633. The summed E-state index contributed by atoms with van der Waals surface area (Å²) in [4.78, 5) is 4.43. The number of nitrogens with zero attached hydrogens (tertiary/aromatic N) is 1. The van der Waals surface area contributed by atoms with Gasteiger partial charge in [-0.3, -0.25) is 4.99 Å². The van der Waals surface area contributed by atoms with E-state index in [9.17, 15) is 0 Å². The van der Waals surface area contributed by atoms with Gasteiger partial charge in [0.25, 0.3) is 0 Å². The maximum atomic E-state index is 5.18. The Balaban J connectivity index is 2.02. The molecule has 0 amide bonds. The summed E-state index contributed by atoms with van der Waals surface area (Å²) in [5.74, 6) is 1.69. The van der Waals surface area contributed by atoms with Crippen molar-refractivity contribution in [3.05, 3.63) is 59.7 Å². The summed E-state index contributed by atoms with van der Waals surface area (Å²) in [6, 6.07) is 15.7. The van der Waals surface area contributed by atoms with Gasteiger partial charge in [0.2, 0.25) is 0 Å². The number of methoxy groups -OCH3 is 2. The minimum Gasteiger partial charge on any atom is -0.497 e. The van der Waals surface area contributed by atoms with Crippen LogP contribution in [-0.2, 0) is 6.54 Å². The summed E-state index contributed by atoms with van der Waals surface area (Å²) < 4.78 is 10.4. The molecule has 0 unspecified atom stereocenters. The lowest BCUT2D eigenvalue weighted by Crippen LogP contribution is -1.88. The summed E-state index contributed by atoms with van der Waals surface area (Å²) in [5, 5.41) is 0. The number of benzene rings is 2. The maximum Gasteiger partial charge on any atom is 0.119 e. The molecule has 0 saturated carbocycles. The van der Waals surface area contributed by atoms with E-state index in [-0.39, 0.29) is 0 Å². The standard InChI is InChI=1S/C16H17NO2/c1-18-15-7-3-5-13(9-15)11-17-12-14-6-4-8-16(10-14)19-2/h3-11H,12H2,1-2H3/b17-11+. The van der Waals surface area contributed by atoms with Crippen molar-refractivity contribution in [2.24, 2.45) is 4.99 Å². The molecule has 0 N–H and O–H groups in total. The maximum absolute atomic E-state index is 5.18. The number of rotatable bonds is 5. The van der Waals surface area contributed by atoms with E-state index in [0.717, 1.165) is 22.6 Å². The molecule has 0 radical (unpaired) electrons. The molecule has 98 valence electrons. The number of aliphatic imine (C=N–C) groups is 1. The molecular weight excluding hydrogens is 238 g/mol. The van der Waals surface area contributed by atoms with E-state index in [1.165, 1.54) is 0 Å². The topological polar surface area (TPSA) is 30.8 Å². The van der Waals surface area contributed by atoms with Crippen LogP contribution < -0.4 is 9.47 Å². The fourth-order valence-corrected chi connectivity index (χ4v) is 1.75. The van der Waals surface area contributed by atoms with Crippen LogP contribution in [0.25, 0.3) is 0 Å². The molecule has 2 rings (SSSR count). The molecule has 2 aromatic rings. The summed E-state index contributed by atoms with van der Waals surface area (Å²) >= 11 is 0. The Morgan fingerprint density at radius 2 is 1.63 bits per heavy atom. The molecule has 2 aromatic carbocycles. The highest BCUT2D eigenvalue weighted by atomic mass is 16.5. The molecule has 0 spiro atoms. The van der Waals surface area contributed by atoms with Crippen LogP contribution in [0.2, 0.25) is 0 Å². The third-order valence-corrected chi connectivity index (χ3v) is 2.74.